The summed E-state index contributed by atoms with van der Waals surface area (Å²) in [5.74, 6) is 0.706. The predicted octanol–water partition coefficient (Wildman–Crippen LogP) is 4.66. The van der Waals surface area contributed by atoms with E-state index in [4.69, 9.17) is 0 Å². The van der Waals surface area contributed by atoms with Crippen molar-refractivity contribution in [3.8, 4) is 0 Å². The molecule has 1 heterocycles. The number of hydrogen-bond donors (Lipinski definition) is 0. The highest BCUT2D eigenvalue weighted by molar-refractivity contribution is 7.12. The Hall–Kier alpha value is -0.300. The lowest BCUT2D eigenvalue weighted by Gasteiger charge is -2.18. The summed E-state index contributed by atoms with van der Waals surface area (Å²) >= 11 is 2.08. The van der Waals surface area contributed by atoms with Crippen molar-refractivity contribution in [1.29, 1.82) is 0 Å². The van der Waals surface area contributed by atoms with Crippen molar-refractivity contribution in [3.63, 3.8) is 0 Å². The normalized spacial score (nSPS) is 16.1. The Labute approximate surface area is 97.7 Å². The van der Waals surface area contributed by atoms with Crippen molar-refractivity contribution in [3.05, 3.63) is 20.9 Å². The predicted molar refractivity (Wildman–Crippen MR) is 69.1 cm³/mol. The third-order valence-electron chi connectivity index (χ3n) is 3.21. The van der Waals surface area contributed by atoms with Gasteiger partial charge in [-0.2, -0.15) is 0 Å². The molecule has 1 aliphatic carbocycles. The Bertz CT molecular complexity index is 363. The largest absolute Gasteiger partial charge is 0.144 e. The van der Waals surface area contributed by atoms with E-state index >= 15 is 0 Å². The van der Waals surface area contributed by atoms with Crippen LogP contribution in [0.25, 0.3) is 0 Å². The topological polar surface area (TPSA) is 0 Å². The standard InChI is InChI=1S/C14H22S/c1-9(2)12-10-7-6-8-11(10)13(15-12)14(3,4)5/h9H,6-8H2,1-5H3. The number of fused-ring (bicyclic) bond motifs is 1. The van der Waals surface area contributed by atoms with Crippen molar-refractivity contribution in [2.45, 2.75) is 65.2 Å². The second-order valence-corrected chi connectivity index (χ2v) is 7.06. The van der Waals surface area contributed by atoms with E-state index < -0.39 is 0 Å². The lowest BCUT2D eigenvalue weighted by Crippen LogP contribution is -2.10. The third kappa shape index (κ3) is 1.87. The molecule has 0 atom stereocenters. The summed E-state index contributed by atoms with van der Waals surface area (Å²) in [6.45, 7) is 11.7. The van der Waals surface area contributed by atoms with Gasteiger partial charge in [-0.3, -0.25) is 0 Å². The van der Waals surface area contributed by atoms with Crippen LogP contribution in [0.1, 0.15) is 67.8 Å². The van der Waals surface area contributed by atoms with Gasteiger partial charge in [-0.1, -0.05) is 34.6 Å². The molecule has 0 nitrogen and oxygen atoms in total. The summed E-state index contributed by atoms with van der Waals surface area (Å²) in [4.78, 5) is 3.31. The molecule has 0 amide bonds. The van der Waals surface area contributed by atoms with Gasteiger partial charge in [0.15, 0.2) is 0 Å². The maximum absolute atomic E-state index is 2.35. The molecule has 1 aromatic heterocycles. The van der Waals surface area contributed by atoms with Crippen molar-refractivity contribution < 1.29 is 0 Å². The highest BCUT2D eigenvalue weighted by atomic mass is 32.1. The SMILES string of the molecule is CC(C)c1sc(C(C)(C)C)c2c1CCC2. The molecular weight excluding hydrogens is 200 g/mol. The number of rotatable bonds is 1. The zero-order valence-corrected chi connectivity index (χ0v) is 11.4. The lowest BCUT2D eigenvalue weighted by molar-refractivity contribution is 0.598. The lowest BCUT2D eigenvalue weighted by atomic mass is 9.90. The summed E-state index contributed by atoms with van der Waals surface area (Å²) < 4.78 is 0. The maximum Gasteiger partial charge on any atom is 0.0137 e. The van der Waals surface area contributed by atoms with Crippen LogP contribution >= 0.6 is 11.3 Å². The highest BCUT2D eigenvalue weighted by Gasteiger charge is 2.29. The van der Waals surface area contributed by atoms with Gasteiger partial charge in [0.2, 0.25) is 0 Å². The second kappa shape index (κ2) is 3.62. The van der Waals surface area contributed by atoms with Gasteiger partial charge in [0.1, 0.15) is 0 Å². The van der Waals surface area contributed by atoms with E-state index in [0.29, 0.717) is 11.3 Å². The molecule has 0 unspecified atom stereocenters. The van der Waals surface area contributed by atoms with Crippen LogP contribution in [0.2, 0.25) is 0 Å². The number of hydrogen-bond acceptors (Lipinski definition) is 1. The monoisotopic (exact) mass is 222 g/mol. The fourth-order valence-corrected chi connectivity index (χ4v) is 4.03. The van der Waals surface area contributed by atoms with Gasteiger partial charge >= 0.3 is 0 Å². The molecule has 0 radical (unpaired) electrons. The molecule has 1 aromatic rings. The molecular formula is C14H22S. The average molecular weight is 222 g/mol. The molecule has 15 heavy (non-hydrogen) atoms. The van der Waals surface area contributed by atoms with Gasteiger partial charge in [0, 0.05) is 9.75 Å². The second-order valence-electron chi connectivity index (χ2n) is 6.01. The van der Waals surface area contributed by atoms with E-state index in [2.05, 4.69) is 46.0 Å². The summed E-state index contributed by atoms with van der Waals surface area (Å²) in [5, 5.41) is 0. The quantitative estimate of drug-likeness (QED) is 0.648. The summed E-state index contributed by atoms with van der Waals surface area (Å²) in [6, 6.07) is 0. The molecule has 1 heteroatoms. The van der Waals surface area contributed by atoms with Crippen molar-refractivity contribution in [2.24, 2.45) is 0 Å². The highest BCUT2D eigenvalue weighted by Crippen LogP contribution is 2.44. The summed E-state index contributed by atoms with van der Waals surface area (Å²) in [6.07, 6.45) is 4.03. The molecule has 0 bridgehead atoms. The van der Waals surface area contributed by atoms with Crippen molar-refractivity contribution in [2.75, 3.05) is 0 Å². The molecule has 2 rings (SSSR count). The Balaban J connectivity index is 2.54. The van der Waals surface area contributed by atoms with E-state index in [0.717, 1.165) is 0 Å². The smallest absolute Gasteiger partial charge is 0.0137 e. The molecule has 0 spiro atoms. The minimum atomic E-state index is 0.340. The van der Waals surface area contributed by atoms with E-state index in [1.165, 1.54) is 19.3 Å². The van der Waals surface area contributed by atoms with Crippen LogP contribution in [0, 0.1) is 0 Å². The fraction of sp³-hybridized carbons (Fsp3) is 0.714. The van der Waals surface area contributed by atoms with Gasteiger partial charge in [0.25, 0.3) is 0 Å². The van der Waals surface area contributed by atoms with E-state index in [1.54, 1.807) is 20.9 Å². The van der Waals surface area contributed by atoms with Crippen LogP contribution in [0.4, 0.5) is 0 Å². The summed E-state index contributed by atoms with van der Waals surface area (Å²) in [5.41, 5.74) is 3.75. The van der Waals surface area contributed by atoms with Gasteiger partial charge in [-0.15, -0.1) is 11.3 Å². The molecule has 0 fully saturated rings. The minimum Gasteiger partial charge on any atom is -0.144 e. The number of thiophene rings is 1. The van der Waals surface area contributed by atoms with Gasteiger partial charge in [-0.05, 0) is 41.7 Å². The van der Waals surface area contributed by atoms with Crippen molar-refractivity contribution >= 4 is 11.3 Å². The van der Waals surface area contributed by atoms with Crippen LogP contribution in [0.15, 0.2) is 0 Å². The van der Waals surface area contributed by atoms with Crippen LogP contribution in [0.3, 0.4) is 0 Å². The minimum absolute atomic E-state index is 0.340. The first kappa shape index (κ1) is 11.2. The van der Waals surface area contributed by atoms with Crippen LogP contribution in [-0.4, -0.2) is 0 Å². The van der Waals surface area contributed by atoms with E-state index in [1.807, 2.05) is 0 Å². The van der Waals surface area contributed by atoms with Crippen molar-refractivity contribution in [1.82, 2.24) is 0 Å². The first-order valence-electron chi connectivity index (χ1n) is 6.06. The Kier molecular flexibility index (Phi) is 2.70. The third-order valence-corrected chi connectivity index (χ3v) is 5.21. The molecule has 0 N–H and O–H groups in total. The Morgan fingerprint density at radius 3 is 2.20 bits per heavy atom. The zero-order chi connectivity index (χ0) is 11.2. The van der Waals surface area contributed by atoms with Crippen LogP contribution in [0.5, 0.6) is 0 Å². The Morgan fingerprint density at radius 2 is 1.67 bits per heavy atom. The fourth-order valence-electron chi connectivity index (χ4n) is 2.57. The van der Waals surface area contributed by atoms with Gasteiger partial charge in [0.05, 0.1) is 0 Å². The Morgan fingerprint density at radius 1 is 1.07 bits per heavy atom. The molecule has 0 aromatic carbocycles. The first-order valence-corrected chi connectivity index (χ1v) is 6.88. The van der Waals surface area contributed by atoms with E-state index in [9.17, 15) is 0 Å². The van der Waals surface area contributed by atoms with E-state index in [-0.39, 0.29) is 0 Å². The summed E-state index contributed by atoms with van der Waals surface area (Å²) in [7, 11) is 0. The maximum atomic E-state index is 2.35. The molecule has 0 saturated heterocycles. The molecule has 0 saturated carbocycles. The molecule has 84 valence electrons. The van der Waals surface area contributed by atoms with Gasteiger partial charge < -0.3 is 0 Å². The first-order chi connectivity index (χ1) is 6.91. The van der Waals surface area contributed by atoms with Crippen LogP contribution < -0.4 is 0 Å². The zero-order valence-electron chi connectivity index (χ0n) is 10.6. The van der Waals surface area contributed by atoms with Crippen LogP contribution in [-0.2, 0) is 18.3 Å². The molecule has 0 aliphatic heterocycles. The molecule has 1 aliphatic rings. The average Bonchev–Trinajstić information content (AvgIpc) is 2.57. The van der Waals surface area contributed by atoms with Gasteiger partial charge in [-0.25, -0.2) is 0 Å².